The molecule has 1 aliphatic carbocycles. The smallest absolute Gasteiger partial charge is 0.181 e. The second-order valence-electron chi connectivity index (χ2n) is 5.64. The zero-order valence-corrected chi connectivity index (χ0v) is 13.8. The Kier molecular flexibility index (Phi) is 4.28. The van der Waals surface area contributed by atoms with Crippen LogP contribution in [0.3, 0.4) is 0 Å². The fourth-order valence-corrected chi connectivity index (χ4v) is 3.62. The maximum atomic E-state index is 14.1. The van der Waals surface area contributed by atoms with Gasteiger partial charge in [-0.05, 0) is 53.0 Å². The van der Waals surface area contributed by atoms with Crippen LogP contribution < -0.4 is 0 Å². The van der Waals surface area contributed by atoms with E-state index in [4.69, 9.17) is 0 Å². The maximum Gasteiger partial charge on any atom is 0.181 e. The molecule has 0 radical (unpaired) electrons. The van der Waals surface area contributed by atoms with Crippen LogP contribution in [0, 0.1) is 23.3 Å². The van der Waals surface area contributed by atoms with Crippen molar-refractivity contribution in [3.8, 4) is 0 Å². The number of rotatable bonds is 3. The van der Waals surface area contributed by atoms with Crippen LogP contribution in [0.15, 0.2) is 47.4 Å². The second-order valence-corrected chi connectivity index (χ2v) is 7.59. The largest absolute Gasteiger partial charge is 0.224 e. The molecular formula is C18H12F4O2S. The van der Waals surface area contributed by atoms with Gasteiger partial charge in [0.25, 0.3) is 0 Å². The van der Waals surface area contributed by atoms with E-state index in [2.05, 4.69) is 0 Å². The van der Waals surface area contributed by atoms with E-state index in [0.29, 0.717) is 23.1 Å². The fourth-order valence-electron chi connectivity index (χ4n) is 2.79. The van der Waals surface area contributed by atoms with Gasteiger partial charge in [-0.1, -0.05) is 18.2 Å². The molecule has 0 amide bonds. The Bertz CT molecular complexity index is 1010. The molecule has 0 unspecified atom stereocenters. The first kappa shape index (κ1) is 17.4. The van der Waals surface area contributed by atoms with Gasteiger partial charge in [-0.3, -0.25) is 0 Å². The van der Waals surface area contributed by atoms with Gasteiger partial charge in [0.2, 0.25) is 0 Å². The van der Waals surface area contributed by atoms with Gasteiger partial charge >= 0.3 is 0 Å². The van der Waals surface area contributed by atoms with Crippen molar-refractivity contribution in [1.29, 1.82) is 0 Å². The van der Waals surface area contributed by atoms with E-state index in [1.54, 1.807) is 12.2 Å². The molecule has 0 saturated heterocycles. The van der Waals surface area contributed by atoms with Crippen LogP contribution >= 0.6 is 0 Å². The van der Waals surface area contributed by atoms with Gasteiger partial charge in [-0.15, -0.1) is 0 Å². The normalized spacial score (nSPS) is 14.4. The fraction of sp³-hybridized carbons (Fsp3) is 0.111. The third-order valence-electron chi connectivity index (χ3n) is 3.84. The third-order valence-corrected chi connectivity index (χ3v) is 4.98. The van der Waals surface area contributed by atoms with E-state index >= 15 is 0 Å². The van der Waals surface area contributed by atoms with E-state index in [0.717, 1.165) is 30.5 Å². The zero-order valence-electron chi connectivity index (χ0n) is 13.0. The summed E-state index contributed by atoms with van der Waals surface area (Å²) in [7, 11) is -4.06. The average Bonchev–Trinajstić information content (AvgIpc) is 2.97. The molecule has 2 aromatic carbocycles. The van der Waals surface area contributed by atoms with Crippen LogP contribution in [0.1, 0.15) is 17.5 Å². The topological polar surface area (TPSA) is 34.1 Å². The summed E-state index contributed by atoms with van der Waals surface area (Å²) in [6, 6.07) is 5.17. The van der Waals surface area contributed by atoms with Crippen molar-refractivity contribution in [3.05, 3.63) is 76.9 Å². The predicted octanol–water partition coefficient (Wildman–Crippen LogP) is 4.52. The monoisotopic (exact) mass is 368 g/mol. The molecule has 1 aliphatic rings. The third kappa shape index (κ3) is 3.24. The highest BCUT2D eigenvalue weighted by molar-refractivity contribution is 7.90. The molecule has 2 aromatic rings. The Balaban J connectivity index is 2.08. The maximum absolute atomic E-state index is 14.1. The summed E-state index contributed by atoms with van der Waals surface area (Å²) in [5.74, 6) is -4.43. The van der Waals surface area contributed by atoms with Gasteiger partial charge in [-0.25, -0.2) is 26.0 Å². The molecule has 3 rings (SSSR count). The van der Waals surface area contributed by atoms with Gasteiger partial charge in [0.1, 0.15) is 16.5 Å². The van der Waals surface area contributed by atoms with Crippen LogP contribution in [0.25, 0.3) is 11.1 Å². The van der Waals surface area contributed by atoms with Crippen LogP contribution in [-0.4, -0.2) is 14.7 Å². The predicted molar refractivity (Wildman–Crippen MR) is 86.4 cm³/mol. The first-order valence-corrected chi connectivity index (χ1v) is 9.13. The van der Waals surface area contributed by atoms with Gasteiger partial charge in [-0.2, -0.15) is 0 Å². The molecule has 0 saturated carbocycles. The summed E-state index contributed by atoms with van der Waals surface area (Å²) < 4.78 is 77.8. The molecule has 0 N–H and O–H groups in total. The molecule has 25 heavy (non-hydrogen) atoms. The number of hydrogen-bond acceptors (Lipinski definition) is 2. The molecule has 130 valence electrons. The van der Waals surface area contributed by atoms with Crippen molar-refractivity contribution in [2.24, 2.45) is 0 Å². The van der Waals surface area contributed by atoms with E-state index in [9.17, 15) is 26.0 Å². The van der Waals surface area contributed by atoms with Crippen molar-refractivity contribution < 1.29 is 26.0 Å². The Morgan fingerprint density at radius 3 is 1.80 bits per heavy atom. The van der Waals surface area contributed by atoms with E-state index in [1.807, 2.05) is 0 Å². The van der Waals surface area contributed by atoms with Crippen molar-refractivity contribution in [3.63, 3.8) is 0 Å². The lowest BCUT2D eigenvalue weighted by atomic mass is 9.95. The van der Waals surface area contributed by atoms with E-state index in [1.165, 1.54) is 6.07 Å². The summed E-state index contributed by atoms with van der Waals surface area (Å²) >= 11 is 0. The summed E-state index contributed by atoms with van der Waals surface area (Å²) in [6.45, 7) is 0. The van der Waals surface area contributed by atoms with Gasteiger partial charge in [0.05, 0.1) is 0 Å². The minimum Gasteiger partial charge on any atom is -0.224 e. The van der Waals surface area contributed by atoms with Crippen LogP contribution in [0.4, 0.5) is 17.6 Å². The molecule has 0 aromatic heterocycles. The van der Waals surface area contributed by atoms with Crippen LogP contribution in [-0.2, 0) is 9.84 Å². The van der Waals surface area contributed by atoms with Crippen molar-refractivity contribution >= 4 is 21.0 Å². The van der Waals surface area contributed by atoms with Crippen molar-refractivity contribution in [2.75, 3.05) is 6.26 Å². The molecule has 0 atom stereocenters. The summed E-state index contributed by atoms with van der Waals surface area (Å²) in [5.41, 5.74) is 1.39. The zero-order chi connectivity index (χ0) is 18.4. The SMILES string of the molecule is CS(=O)(=O)c1c(F)cc(C2=CCC=C2c2ccc(F)c(F)c2)cc1F. The standard InChI is InChI=1S/C18H12F4O2S/c1-25(23,24)18-16(21)8-11(9-17(18)22)13-4-2-3-12(13)10-5-6-14(19)15(20)7-10/h3-9H,2H2,1H3. The Labute approximate surface area is 142 Å². The van der Waals surface area contributed by atoms with Crippen LogP contribution in [0.5, 0.6) is 0 Å². The first-order chi connectivity index (χ1) is 11.7. The number of allylic oxidation sites excluding steroid dienone is 4. The summed E-state index contributed by atoms with van der Waals surface area (Å²) in [6.07, 6.45) is 4.55. The minimum atomic E-state index is -4.06. The molecule has 0 heterocycles. The first-order valence-electron chi connectivity index (χ1n) is 7.24. The molecule has 0 spiro atoms. The van der Waals surface area contributed by atoms with Crippen LogP contribution in [0.2, 0.25) is 0 Å². The minimum absolute atomic E-state index is 0.121. The summed E-state index contributed by atoms with van der Waals surface area (Å²) in [4.78, 5) is -0.992. The lowest BCUT2D eigenvalue weighted by molar-refractivity contribution is 0.508. The van der Waals surface area contributed by atoms with Crippen molar-refractivity contribution in [2.45, 2.75) is 11.3 Å². The molecule has 2 nitrogen and oxygen atoms in total. The van der Waals surface area contributed by atoms with E-state index in [-0.39, 0.29) is 5.56 Å². The van der Waals surface area contributed by atoms with E-state index < -0.39 is 38.0 Å². The molecule has 0 fully saturated rings. The molecule has 0 aliphatic heterocycles. The van der Waals surface area contributed by atoms with Gasteiger partial charge < -0.3 is 0 Å². The summed E-state index contributed by atoms with van der Waals surface area (Å²) in [5, 5.41) is 0. The van der Waals surface area contributed by atoms with Crippen molar-refractivity contribution in [1.82, 2.24) is 0 Å². The van der Waals surface area contributed by atoms with Gasteiger partial charge in [0, 0.05) is 6.26 Å². The lowest BCUT2D eigenvalue weighted by Crippen LogP contribution is -2.05. The quantitative estimate of drug-likeness (QED) is 0.747. The Morgan fingerprint density at radius 2 is 1.28 bits per heavy atom. The average molecular weight is 368 g/mol. The Morgan fingerprint density at radius 1 is 0.760 bits per heavy atom. The second kappa shape index (κ2) is 6.15. The number of benzene rings is 2. The molecular weight excluding hydrogens is 356 g/mol. The highest BCUT2D eigenvalue weighted by Crippen LogP contribution is 2.38. The molecule has 0 bridgehead atoms. The number of hydrogen-bond donors (Lipinski definition) is 0. The molecule has 7 heteroatoms. The van der Waals surface area contributed by atoms with Gasteiger partial charge in [0.15, 0.2) is 21.5 Å². The highest BCUT2D eigenvalue weighted by Gasteiger charge is 2.23. The lowest BCUT2D eigenvalue weighted by Gasteiger charge is -2.12. The number of sulfone groups is 1. The number of halogens is 4. The highest BCUT2D eigenvalue weighted by atomic mass is 32.2. The Hall–Kier alpha value is -2.41.